The summed E-state index contributed by atoms with van der Waals surface area (Å²) in [7, 11) is 0. The van der Waals surface area contributed by atoms with Crippen molar-refractivity contribution < 1.29 is 5.32 Å². The average Bonchev–Trinajstić information content (AvgIpc) is 2.19. The van der Waals surface area contributed by atoms with E-state index in [9.17, 15) is 0 Å². The monoisotopic (exact) mass is 242 g/mol. The Bertz CT molecular complexity index is 284. The van der Waals surface area contributed by atoms with Gasteiger partial charge in [-0.15, -0.1) is 0 Å². The molecule has 4 heteroatoms. The Balaban J connectivity index is 2.14. The number of halogens is 1. The van der Waals surface area contributed by atoms with Gasteiger partial charge in [-0.25, -0.2) is 4.98 Å². The molecule has 0 aliphatic carbocycles. The van der Waals surface area contributed by atoms with Crippen LogP contribution in [-0.2, 0) is 0 Å². The lowest BCUT2D eigenvalue weighted by atomic mass is 10.3. The summed E-state index contributed by atoms with van der Waals surface area (Å²) in [6.45, 7) is 4.66. The van der Waals surface area contributed by atoms with Crippen LogP contribution in [0.25, 0.3) is 0 Å². The first-order valence-electron chi connectivity index (χ1n) is 4.54. The molecule has 0 atom stereocenters. The van der Waals surface area contributed by atoms with Gasteiger partial charge in [-0.05, 0) is 28.1 Å². The van der Waals surface area contributed by atoms with Crippen molar-refractivity contribution in [3.63, 3.8) is 0 Å². The van der Waals surface area contributed by atoms with Crippen LogP contribution in [0.3, 0.4) is 0 Å². The Morgan fingerprint density at radius 3 is 2.85 bits per heavy atom. The van der Waals surface area contributed by atoms with E-state index < -0.39 is 0 Å². The van der Waals surface area contributed by atoms with Crippen molar-refractivity contribution in [2.45, 2.75) is 0 Å². The number of piperazine rings is 1. The van der Waals surface area contributed by atoms with Crippen LogP contribution in [0.2, 0.25) is 0 Å². The number of pyridine rings is 1. The van der Waals surface area contributed by atoms with E-state index in [4.69, 9.17) is 0 Å². The lowest BCUT2D eigenvalue weighted by Gasteiger charge is -2.27. The molecule has 2 N–H and O–H groups in total. The molecule has 1 aliphatic rings. The first kappa shape index (κ1) is 8.97. The maximum Gasteiger partial charge on any atom is 0.108 e. The van der Waals surface area contributed by atoms with Crippen LogP contribution in [0.1, 0.15) is 0 Å². The van der Waals surface area contributed by atoms with E-state index in [0.717, 1.165) is 17.7 Å². The summed E-state index contributed by atoms with van der Waals surface area (Å²) in [4.78, 5) is 6.51. The Morgan fingerprint density at radius 2 is 2.15 bits per heavy atom. The van der Waals surface area contributed by atoms with E-state index in [1.165, 1.54) is 18.8 Å². The molecule has 70 valence electrons. The van der Waals surface area contributed by atoms with Crippen molar-refractivity contribution in [3.05, 3.63) is 22.9 Å². The Labute approximate surface area is 86.3 Å². The number of nitrogens with zero attached hydrogens (tertiary/aromatic N) is 2. The SMILES string of the molecule is Brc1cc(N2CC[NH2+]CC2)ccn1. The van der Waals surface area contributed by atoms with Gasteiger partial charge >= 0.3 is 0 Å². The zero-order chi connectivity index (χ0) is 9.10. The van der Waals surface area contributed by atoms with Crippen molar-refractivity contribution in [2.24, 2.45) is 0 Å². The van der Waals surface area contributed by atoms with Crippen LogP contribution < -0.4 is 10.2 Å². The number of rotatable bonds is 1. The molecule has 0 saturated carbocycles. The molecule has 0 radical (unpaired) electrons. The first-order chi connectivity index (χ1) is 6.36. The average molecular weight is 243 g/mol. The van der Waals surface area contributed by atoms with Gasteiger partial charge in [0, 0.05) is 11.9 Å². The van der Waals surface area contributed by atoms with Gasteiger partial charge in [0.25, 0.3) is 0 Å². The molecule has 1 aromatic rings. The fourth-order valence-electron chi connectivity index (χ4n) is 1.60. The number of anilines is 1. The van der Waals surface area contributed by atoms with Gasteiger partial charge < -0.3 is 10.2 Å². The molecule has 1 saturated heterocycles. The van der Waals surface area contributed by atoms with Crippen LogP contribution in [0.15, 0.2) is 22.9 Å². The first-order valence-corrected chi connectivity index (χ1v) is 5.34. The van der Waals surface area contributed by atoms with E-state index in [-0.39, 0.29) is 0 Å². The molecule has 0 amide bonds. The minimum atomic E-state index is 0.916. The highest BCUT2D eigenvalue weighted by molar-refractivity contribution is 9.10. The summed E-state index contributed by atoms with van der Waals surface area (Å²) in [6, 6.07) is 4.14. The number of nitrogens with two attached hydrogens (primary N) is 1. The second-order valence-corrected chi connectivity index (χ2v) is 4.00. The summed E-state index contributed by atoms with van der Waals surface area (Å²) < 4.78 is 0.916. The van der Waals surface area contributed by atoms with Gasteiger partial charge in [0.15, 0.2) is 0 Å². The molecule has 3 nitrogen and oxygen atoms in total. The van der Waals surface area contributed by atoms with Crippen molar-refractivity contribution in [1.82, 2.24) is 4.98 Å². The second kappa shape index (κ2) is 4.07. The predicted octanol–water partition coefficient (Wildman–Crippen LogP) is 0.227. The van der Waals surface area contributed by atoms with E-state index in [0.29, 0.717) is 0 Å². The second-order valence-electron chi connectivity index (χ2n) is 3.19. The highest BCUT2D eigenvalue weighted by Crippen LogP contribution is 2.17. The summed E-state index contributed by atoms with van der Waals surface area (Å²) in [6.07, 6.45) is 1.84. The lowest BCUT2D eigenvalue weighted by molar-refractivity contribution is -0.655. The number of aromatic nitrogens is 1. The van der Waals surface area contributed by atoms with E-state index in [2.05, 4.69) is 43.3 Å². The molecule has 0 unspecified atom stereocenters. The topological polar surface area (TPSA) is 32.7 Å². The van der Waals surface area contributed by atoms with Crippen molar-refractivity contribution >= 4 is 21.6 Å². The molecule has 2 rings (SSSR count). The highest BCUT2D eigenvalue weighted by atomic mass is 79.9. The van der Waals surface area contributed by atoms with Crippen molar-refractivity contribution in [3.8, 4) is 0 Å². The summed E-state index contributed by atoms with van der Waals surface area (Å²) in [5, 5.41) is 2.35. The third-order valence-electron chi connectivity index (χ3n) is 2.28. The molecule has 13 heavy (non-hydrogen) atoms. The minimum absolute atomic E-state index is 0.916. The maximum atomic E-state index is 4.12. The number of hydrogen-bond donors (Lipinski definition) is 1. The summed E-state index contributed by atoms with van der Waals surface area (Å²) in [5.41, 5.74) is 1.27. The Kier molecular flexibility index (Phi) is 2.80. The molecule has 0 aromatic carbocycles. The zero-order valence-electron chi connectivity index (χ0n) is 7.41. The summed E-state index contributed by atoms with van der Waals surface area (Å²) in [5.74, 6) is 0. The molecule has 1 aliphatic heterocycles. The van der Waals surface area contributed by atoms with Crippen LogP contribution >= 0.6 is 15.9 Å². The molecule has 0 bridgehead atoms. The molecule has 0 spiro atoms. The maximum absolute atomic E-state index is 4.12. The third kappa shape index (κ3) is 2.19. The van der Waals surface area contributed by atoms with Gasteiger partial charge in [0.1, 0.15) is 4.60 Å². The zero-order valence-corrected chi connectivity index (χ0v) is 9.00. The van der Waals surface area contributed by atoms with Gasteiger partial charge in [-0.1, -0.05) is 0 Å². The largest absolute Gasteiger partial charge is 0.360 e. The summed E-state index contributed by atoms with van der Waals surface area (Å²) >= 11 is 3.38. The molecule has 1 aromatic heterocycles. The smallest absolute Gasteiger partial charge is 0.108 e. The van der Waals surface area contributed by atoms with E-state index in [1.807, 2.05) is 6.20 Å². The lowest BCUT2D eigenvalue weighted by Crippen LogP contribution is -2.89. The highest BCUT2D eigenvalue weighted by Gasteiger charge is 2.12. The van der Waals surface area contributed by atoms with Crippen molar-refractivity contribution in [2.75, 3.05) is 31.1 Å². The van der Waals surface area contributed by atoms with Gasteiger partial charge in [-0.2, -0.15) is 0 Å². The van der Waals surface area contributed by atoms with Gasteiger partial charge in [-0.3, -0.25) is 0 Å². The molecule has 2 heterocycles. The van der Waals surface area contributed by atoms with Crippen LogP contribution in [0.4, 0.5) is 5.69 Å². The fraction of sp³-hybridized carbons (Fsp3) is 0.444. The predicted molar refractivity (Wildman–Crippen MR) is 55.8 cm³/mol. The van der Waals surface area contributed by atoms with E-state index >= 15 is 0 Å². The Hall–Kier alpha value is -0.610. The minimum Gasteiger partial charge on any atom is -0.360 e. The standard InChI is InChI=1S/C9H12BrN3/c10-9-7-8(1-2-12-9)13-5-3-11-4-6-13/h1-2,7,11H,3-6H2/p+1. The fourth-order valence-corrected chi connectivity index (χ4v) is 1.95. The normalized spacial score (nSPS) is 17.5. The quantitative estimate of drug-likeness (QED) is 0.716. The van der Waals surface area contributed by atoms with Crippen LogP contribution in [0.5, 0.6) is 0 Å². The molecular weight excluding hydrogens is 230 g/mol. The third-order valence-corrected chi connectivity index (χ3v) is 2.72. The number of quaternary nitrogens is 1. The van der Waals surface area contributed by atoms with Gasteiger partial charge in [0.05, 0.1) is 26.2 Å². The van der Waals surface area contributed by atoms with Gasteiger partial charge in [0.2, 0.25) is 0 Å². The van der Waals surface area contributed by atoms with Crippen molar-refractivity contribution in [1.29, 1.82) is 0 Å². The number of hydrogen-bond acceptors (Lipinski definition) is 2. The van der Waals surface area contributed by atoms with Crippen LogP contribution in [0, 0.1) is 0 Å². The molecular formula is C9H13BrN3+. The molecule has 1 fully saturated rings. The van der Waals surface area contributed by atoms with E-state index in [1.54, 1.807) is 0 Å². The Morgan fingerprint density at radius 1 is 1.38 bits per heavy atom. The van der Waals surface area contributed by atoms with Crippen LogP contribution in [-0.4, -0.2) is 31.2 Å².